The number of H-pyrrole nitrogens is 1. The van der Waals surface area contributed by atoms with Crippen molar-refractivity contribution in [2.75, 3.05) is 5.32 Å². The number of hydrogen-bond acceptors (Lipinski definition) is 5. The van der Waals surface area contributed by atoms with Gasteiger partial charge in [0.05, 0.1) is 12.4 Å². The first-order valence-corrected chi connectivity index (χ1v) is 6.10. The van der Waals surface area contributed by atoms with E-state index < -0.39 is 6.04 Å². The Bertz CT molecular complexity index is 617. The number of carbonyl (C=O) groups is 1. The van der Waals surface area contributed by atoms with Crippen molar-refractivity contribution in [3.05, 3.63) is 11.5 Å². The van der Waals surface area contributed by atoms with Gasteiger partial charge in [-0.3, -0.25) is 10.1 Å². The molecule has 1 amide bonds. The molecule has 2 rings (SSSR count). The molecule has 19 heavy (non-hydrogen) atoms. The van der Waals surface area contributed by atoms with Crippen molar-refractivity contribution in [1.29, 1.82) is 0 Å². The van der Waals surface area contributed by atoms with Crippen LogP contribution in [0.1, 0.15) is 20.8 Å². The van der Waals surface area contributed by atoms with Gasteiger partial charge in [0.15, 0.2) is 10.8 Å². The average molecular weight is 283 g/mol. The number of nitrogens with zero attached hydrogens (tertiary/aromatic N) is 3. The number of nitrogens with one attached hydrogen (secondary N) is 2. The molecule has 2 heterocycles. The number of rotatable bonds is 2. The minimum atomic E-state index is -0.676. The number of hydrogen-bond donors (Lipinski definition) is 3. The lowest BCUT2D eigenvalue weighted by Gasteiger charge is -2.25. The summed E-state index contributed by atoms with van der Waals surface area (Å²) in [6, 6.07) is -0.676. The number of fused-ring (bicyclic) bond motifs is 1. The molecule has 0 aliphatic carbocycles. The Labute approximate surface area is 115 Å². The normalized spacial score (nSPS) is 13.5. The zero-order chi connectivity index (χ0) is 14.2. The lowest BCUT2D eigenvalue weighted by Crippen LogP contribution is -2.45. The van der Waals surface area contributed by atoms with E-state index in [1.165, 1.54) is 6.33 Å². The van der Waals surface area contributed by atoms with E-state index in [0.29, 0.717) is 11.2 Å². The van der Waals surface area contributed by atoms with Crippen molar-refractivity contribution in [1.82, 2.24) is 19.9 Å². The van der Waals surface area contributed by atoms with Crippen LogP contribution in [0.3, 0.4) is 0 Å². The molecule has 2 aromatic rings. The average Bonchev–Trinajstić information content (AvgIpc) is 2.75. The molecule has 0 aliphatic heterocycles. The molecule has 0 aromatic carbocycles. The maximum Gasteiger partial charge on any atom is 0.244 e. The fourth-order valence-corrected chi connectivity index (χ4v) is 1.65. The van der Waals surface area contributed by atoms with Gasteiger partial charge >= 0.3 is 0 Å². The second kappa shape index (κ2) is 4.75. The highest BCUT2D eigenvalue weighted by Crippen LogP contribution is 2.20. The number of nitrogens with two attached hydrogens (primary N) is 1. The van der Waals surface area contributed by atoms with Gasteiger partial charge in [0.25, 0.3) is 0 Å². The number of aromatic nitrogens is 4. The first-order valence-electron chi connectivity index (χ1n) is 5.72. The smallest absolute Gasteiger partial charge is 0.244 e. The maximum atomic E-state index is 12.0. The van der Waals surface area contributed by atoms with Crippen LogP contribution in [0, 0.1) is 5.41 Å². The van der Waals surface area contributed by atoms with E-state index in [2.05, 4.69) is 25.3 Å². The van der Waals surface area contributed by atoms with Gasteiger partial charge in [-0.2, -0.15) is 9.97 Å². The Morgan fingerprint density at radius 2 is 2.16 bits per heavy atom. The van der Waals surface area contributed by atoms with E-state index in [9.17, 15) is 4.79 Å². The van der Waals surface area contributed by atoms with Crippen LogP contribution in [-0.4, -0.2) is 31.9 Å². The van der Waals surface area contributed by atoms with Crippen LogP contribution < -0.4 is 11.1 Å². The molecule has 0 spiro atoms. The van der Waals surface area contributed by atoms with Gasteiger partial charge in [0.2, 0.25) is 11.9 Å². The number of carbonyl (C=O) groups excluding carboxylic acids is 1. The minimum Gasteiger partial charge on any atom is -0.341 e. The fourth-order valence-electron chi connectivity index (χ4n) is 1.43. The summed E-state index contributed by atoms with van der Waals surface area (Å²) >= 11 is 5.95. The topological polar surface area (TPSA) is 110 Å². The molecule has 0 fully saturated rings. The van der Waals surface area contributed by atoms with E-state index in [4.69, 9.17) is 17.3 Å². The van der Waals surface area contributed by atoms with Crippen LogP contribution >= 0.6 is 11.6 Å². The van der Waals surface area contributed by atoms with E-state index in [1.807, 2.05) is 20.8 Å². The van der Waals surface area contributed by atoms with Crippen LogP contribution in [0.25, 0.3) is 11.2 Å². The minimum absolute atomic E-state index is 0.0919. The van der Waals surface area contributed by atoms with Crippen LogP contribution in [0.2, 0.25) is 5.15 Å². The number of aromatic amines is 1. The Balaban J connectivity index is 2.24. The second-order valence-electron chi connectivity index (χ2n) is 5.27. The third-order valence-electron chi connectivity index (χ3n) is 2.69. The van der Waals surface area contributed by atoms with Crippen LogP contribution in [0.4, 0.5) is 5.95 Å². The van der Waals surface area contributed by atoms with Crippen molar-refractivity contribution < 1.29 is 4.79 Å². The summed E-state index contributed by atoms with van der Waals surface area (Å²) in [6.07, 6.45) is 1.46. The van der Waals surface area contributed by atoms with Crippen LogP contribution in [0.5, 0.6) is 0 Å². The summed E-state index contributed by atoms with van der Waals surface area (Å²) in [5.41, 5.74) is 6.41. The Morgan fingerprint density at radius 3 is 2.79 bits per heavy atom. The fraction of sp³-hybridized carbons (Fsp3) is 0.455. The van der Waals surface area contributed by atoms with Crippen LogP contribution in [-0.2, 0) is 4.79 Å². The maximum absolute atomic E-state index is 12.0. The lowest BCUT2D eigenvalue weighted by molar-refractivity contribution is -0.119. The highest BCUT2D eigenvalue weighted by atomic mass is 35.5. The highest BCUT2D eigenvalue weighted by molar-refractivity contribution is 6.33. The van der Waals surface area contributed by atoms with Gasteiger partial charge < -0.3 is 10.7 Å². The third kappa shape index (κ3) is 2.82. The largest absolute Gasteiger partial charge is 0.341 e. The molecule has 0 saturated carbocycles. The molecule has 0 radical (unpaired) electrons. The van der Waals surface area contributed by atoms with Crippen molar-refractivity contribution in [2.24, 2.45) is 11.1 Å². The summed E-state index contributed by atoms with van der Waals surface area (Å²) in [5, 5.41) is 2.74. The SMILES string of the molecule is CC(C)(C)[C@H](N)C(=O)Nc1nc(Cl)c2[nH]cnc2n1. The number of amides is 1. The molecule has 7 nitrogen and oxygen atoms in total. The van der Waals surface area contributed by atoms with Gasteiger partial charge in [-0.05, 0) is 5.41 Å². The van der Waals surface area contributed by atoms with E-state index in [1.54, 1.807) is 0 Å². The molecule has 102 valence electrons. The summed E-state index contributed by atoms with van der Waals surface area (Å²) in [6.45, 7) is 5.63. The van der Waals surface area contributed by atoms with Crippen LogP contribution in [0.15, 0.2) is 6.33 Å². The summed E-state index contributed by atoms with van der Waals surface area (Å²) in [7, 11) is 0. The van der Waals surface area contributed by atoms with Gasteiger partial charge in [0, 0.05) is 0 Å². The Hall–Kier alpha value is -1.73. The molecule has 8 heteroatoms. The zero-order valence-electron chi connectivity index (χ0n) is 10.9. The molecular weight excluding hydrogens is 268 g/mol. The van der Waals surface area contributed by atoms with Crippen molar-refractivity contribution in [2.45, 2.75) is 26.8 Å². The Kier molecular flexibility index (Phi) is 3.42. The summed E-state index contributed by atoms with van der Waals surface area (Å²) in [5.74, 6) is -0.271. The van der Waals surface area contributed by atoms with Gasteiger partial charge in [-0.1, -0.05) is 32.4 Å². The molecule has 0 bridgehead atoms. The Morgan fingerprint density at radius 1 is 1.47 bits per heavy atom. The van der Waals surface area contributed by atoms with Crippen molar-refractivity contribution in [3.63, 3.8) is 0 Å². The first-order chi connectivity index (χ1) is 8.79. The molecule has 0 unspecified atom stereocenters. The summed E-state index contributed by atoms with van der Waals surface area (Å²) in [4.78, 5) is 26.8. The molecule has 4 N–H and O–H groups in total. The predicted octanol–water partition coefficient (Wildman–Crippen LogP) is 1.32. The number of halogens is 1. The first kappa shape index (κ1) is 13.7. The number of anilines is 1. The lowest BCUT2D eigenvalue weighted by atomic mass is 9.87. The monoisotopic (exact) mass is 282 g/mol. The molecule has 0 aliphatic rings. The zero-order valence-corrected chi connectivity index (χ0v) is 11.6. The third-order valence-corrected chi connectivity index (χ3v) is 2.97. The highest BCUT2D eigenvalue weighted by Gasteiger charge is 2.28. The van der Waals surface area contributed by atoms with E-state index in [-0.39, 0.29) is 22.4 Å². The molecule has 1 atom stereocenters. The second-order valence-corrected chi connectivity index (χ2v) is 5.63. The van der Waals surface area contributed by atoms with Gasteiger partial charge in [-0.15, -0.1) is 0 Å². The van der Waals surface area contributed by atoms with Crippen molar-refractivity contribution in [3.8, 4) is 0 Å². The van der Waals surface area contributed by atoms with Gasteiger partial charge in [-0.25, -0.2) is 4.98 Å². The summed E-state index contributed by atoms with van der Waals surface area (Å²) < 4.78 is 0. The predicted molar refractivity (Wildman–Crippen MR) is 72.8 cm³/mol. The van der Waals surface area contributed by atoms with E-state index >= 15 is 0 Å². The standard InChI is InChI=1S/C11H15ClN6O/c1-11(2,3)6(13)9(19)18-10-16-7(12)5-8(17-10)15-4-14-5/h4,6H,13H2,1-3H3,(H2,14,15,16,17,18,19)/t6-/m1/s1. The quantitative estimate of drug-likeness (QED) is 0.720. The molecule has 0 saturated heterocycles. The van der Waals surface area contributed by atoms with E-state index in [0.717, 1.165) is 0 Å². The number of imidazole rings is 1. The van der Waals surface area contributed by atoms with Crippen molar-refractivity contribution >= 4 is 34.6 Å². The molecular formula is C11H15ClN6O. The molecule has 2 aromatic heterocycles. The van der Waals surface area contributed by atoms with Gasteiger partial charge in [0.1, 0.15) is 5.52 Å².